The Balaban J connectivity index is 2.84. The van der Waals surface area contributed by atoms with E-state index >= 15 is 0 Å². The molecule has 0 aliphatic rings. The fourth-order valence-electron chi connectivity index (χ4n) is 1.32. The highest BCUT2D eigenvalue weighted by molar-refractivity contribution is 5.53. The summed E-state index contributed by atoms with van der Waals surface area (Å²) in [5, 5.41) is 4.32. The van der Waals surface area contributed by atoms with Gasteiger partial charge in [-0.25, -0.2) is 9.50 Å². The number of nitrogens with zero attached hydrogens (tertiary/aromatic N) is 3. The number of aryl methyl sites for hydroxylation is 2. The van der Waals surface area contributed by atoms with Crippen LogP contribution < -0.4 is 4.74 Å². The van der Waals surface area contributed by atoms with Gasteiger partial charge in [-0.15, -0.1) is 0 Å². The molecule has 4 heteroatoms. The van der Waals surface area contributed by atoms with Gasteiger partial charge in [0.25, 0.3) is 0 Å². The van der Waals surface area contributed by atoms with Crippen molar-refractivity contribution in [3.63, 3.8) is 0 Å². The van der Waals surface area contributed by atoms with Gasteiger partial charge in [-0.1, -0.05) is 0 Å². The Kier molecular flexibility index (Phi) is 1.69. The minimum atomic E-state index is 0.764. The second-order valence-corrected chi connectivity index (χ2v) is 2.99. The fraction of sp³-hybridized carbons (Fsp3) is 0.333. The maximum atomic E-state index is 5.20. The van der Waals surface area contributed by atoms with Crippen LogP contribution in [0.5, 0.6) is 5.75 Å². The van der Waals surface area contributed by atoms with Gasteiger partial charge in [-0.2, -0.15) is 5.10 Å². The smallest absolute Gasteiger partial charge is 0.196 e. The van der Waals surface area contributed by atoms with Crippen LogP contribution in [0.25, 0.3) is 5.65 Å². The molecule has 2 heterocycles. The molecule has 2 aromatic heterocycles. The van der Waals surface area contributed by atoms with Crippen molar-refractivity contribution in [1.29, 1.82) is 0 Å². The Morgan fingerprint density at radius 1 is 1.38 bits per heavy atom. The molecule has 0 bridgehead atoms. The Morgan fingerprint density at radius 2 is 2.15 bits per heavy atom. The molecule has 0 aromatic carbocycles. The summed E-state index contributed by atoms with van der Waals surface area (Å²) in [5.74, 6) is 0.764. The van der Waals surface area contributed by atoms with Crippen LogP contribution in [0.1, 0.15) is 11.4 Å². The lowest BCUT2D eigenvalue weighted by Crippen LogP contribution is -1.98. The van der Waals surface area contributed by atoms with Gasteiger partial charge in [0, 0.05) is 6.07 Å². The number of methoxy groups -OCH3 is 1. The maximum Gasteiger partial charge on any atom is 0.196 e. The van der Waals surface area contributed by atoms with E-state index < -0.39 is 0 Å². The van der Waals surface area contributed by atoms with E-state index in [-0.39, 0.29) is 0 Å². The van der Waals surface area contributed by atoms with E-state index in [2.05, 4.69) is 10.1 Å². The minimum Gasteiger partial charge on any atom is -0.493 e. The summed E-state index contributed by atoms with van der Waals surface area (Å²) in [4.78, 5) is 4.21. The summed E-state index contributed by atoms with van der Waals surface area (Å²) in [6.45, 7) is 3.90. The summed E-state index contributed by atoms with van der Waals surface area (Å²) in [6, 6.07) is 1.88. The number of aromatic nitrogens is 3. The van der Waals surface area contributed by atoms with Crippen LogP contribution in [0.15, 0.2) is 12.3 Å². The van der Waals surface area contributed by atoms with E-state index in [1.165, 1.54) is 0 Å². The molecule has 0 amide bonds. The molecule has 0 saturated heterocycles. The number of ether oxygens (including phenoxy) is 1. The molecule has 4 nitrogen and oxygen atoms in total. The molecule has 0 aliphatic heterocycles. The Labute approximate surface area is 76.2 Å². The standard InChI is InChI=1S/C9H11N3O/c1-6-4-8(13-3)9-10-5-7(2)12(9)11-6/h4-5H,1-3H3. The molecule has 0 fully saturated rings. The quantitative estimate of drug-likeness (QED) is 0.660. The third-order valence-electron chi connectivity index (χ3n) is 1.95. The predicted octanol–water partition coefficient (Wildman–Crippen LogP) is 1.35. The summed E-state index contributed by atoms with van der Waals surface area (Å²) in [7, 11) is 1.64. The van der Waals surface area contributed by atoms with Crippen LogP contribution in [0.2, 0.25) is 0 Å². The molecular weight excluding hydrogens is 166 g/mol. The second kappa shape index (κ2) is 2.73. The highest BCUT2D eigenvalue weighted by Gasteiger charge is 2.06. The van der Waals surface area contributed by atoms with E-state index in [0.29, 0.717) is 0 Å². The Morgan fingerprint density at radius 3 is 2.85 bits per heavy atom. The van der Waals surface area contributed by atoms with Crippen molar-refractivity contribution in [3.05, 3.63) is 23.7 Å². The minimum absolute atomic E-state index is 0.764. The first-order valence-corrected chi connectivity index (χ1v) is 4.08. The van der Waals surface area contributed by atoms with Crippen molar-refractivity contribution < 1.29 is 4.74 Å². The highest BCUT2D eigenvalue weighted by atomic mass is 16.5. The molecule has 0 spiro atoms. The molecule has 0 atom stereocenters. The van der Waals surface area contributed by atoms with Gasteiger partial charge < -0.3 is 4.74 Å². The van der Waals surface area contributed by atoms with Crippen molar-refractivity contribution in [3.8, 4) is 5.75 Å². The third-order valence-corrected chi connectivity index (χ3v) is 1.95. The van der Waals surface area contributed by atoms with Gasteiger partial charge in [-0.3, -0.25) is 0 Å². The van der Waals surface area contributed by atoms with Gasteiger partial charge in [0.2, 0.25) is 0 Å². The molecular formula is C9H11N3O. The van der Waals surface area contributed by atoms with Crippen molar-refractivity contribution in [2.45, 2.75) is 13.8 Å². The molecule has 13 heavy (non-hydrogen) atoms. The van der Waals surface area contributed by atoms with Gasteiger partial charge >= 0.3 is 0 Å². The van der Waals surface area contributed by atoms with E-state index in [9.17, 15) is 0 Å². The van der Waals surface area contributed by atoms with E-state index in [1.54, 1.807) is 17.8 Å². The number of rotatable bonds is 1. The molecule has 0 unspecified atom stereocenters. The molecule has 0 saturated carbocycles. The Bertz CT molecular complexity index is 447. The third kappa shape index (κ3) is 1.14. The average Bonchev–Trinajstić information content (AvgIpc) is 2.47. The first-order valence-electron chi connectivity index (χ1n) is 4.08. The molecule has 68 valence electrons. The summed E-state index contributed by atoms with van der Waals surface area (Å²) in [6.07, 6.45) is 1.78. The molecule has 2 rings (SSSR count). The zero-order chi connectivity index (χ0) is 9.42. The van der Waals surface area contributed by atoms with Crippen LogP contribution >= 0.6 is 0 Å². The van der Waals surface area contributed by atoms with Crippen molar-refractivity contribution in [1.82, 2.24) is 14.6 Å². The number of hydrogen-bond acceptors (Lipinski definition) is 3. The molecule has 0 aliphatic carbocycles. The van der Waals surface area contributed by atoms with E-state index in [1.807, 2.05) is 19.9 Å². The van der Waals surface area contributed by atoms with Crippen molar-refractivity contribution in [2.24, 2.45) is 0 Å². The zero-order valence-corrected chi connectivity index (χ0v) is 7.90. The van der Waals surface area contributed by atoms with Crippen LogP contribution in [-0.2, 0) is 0 Å². The molecule has 0 radical (unpaired) electrons. The van der Waals surface area contributed by atoms with Crippen molar-refractivity contribution in [2.75, 3.05) is 7.11 Å². The lowest BCUT2D eigenvalue weighted by molar-refractivity contribution is 0.415. The fourth-order valence-corrected chi connectivity index (χ4v) is 1.32. The SMILES string of the molecule is COc1cc(C)nn2c(C)cnc12. The summed E-state index contributed by atoms with van der Waals surface area (Å²) in [5.41, 5.74) is 2.70. The Hall–Kier alpha value is -1.58. The summed E-state index contributed by atoms with van der Waals surface area (Å²) >= 11 is 0. The van der Waals surface area contributed by atoms with Crippen LogP contribution in [-0.4, -0.2) is 21.7 Å². The first kappa shape index (κ1) is 8.04. The highest BCUT2D eigenvalue weighted by Crippen LogP contribution is 2.18. The molecule has 0 N–H and O–H groups in total. The van der Waals surface area contributed by atoms with Crippen molar-refractivity contribution >= 4 is 5.65 Å². The lowest BCUT2D eigenvalue weighted by Gasteiger charge is -2.03. The average molecular weight is 177 g/mol. The normalized spacial score (nSPS) is 10.7. The van der Waals surface area contributed by atoms with Gasteiger partial charge in [-0.05, 0) is 13.8 Å². The molecule has 2 aromatic rings. The van der Waals surface area contributed by atoms with Gasteiger partial charge in [0.15, 0.2) is 11.4 Å². The van der Waals surface area contributed by atoms with Crippen LogP contribution in [0.3, 0.4) is 0 Å². The topological polar surface area (TPSA) is 39.4 Å². The second-order valence-electron chi connectivity index (χ2n) is 2.99. The van der Waals surface area contributed by atoms with Gasteiger partial charge in [0.05, 0.1) is 24.7 Å². The van der Waals surface area contributed by atoms with E-state index in [0.717, 1.165) is 22.8 Å². The first-order chi connectivity index (χ1) is 6.22. The monoisotopic (exact) mass is 177 g/mol. The number of imidazole rings is 1. The van der Waals surface area contributed by atoms with Crippen LogP contribution in [0.4, 0.5) is 0 Å². The maximum absolute atomic E-state index is 5.20. The van der Waals surface area contributed by atoms with Gasteiger partial charge in [0.1, 0.15) is 0 Å². The predicted molar refractivity (Wildman–Crippen MR) is 49.0 cm³/mol. The lowest BCUT2D eigenvalue weighted by atomic mass is 10.4. The van der Waals surface area contributed by atoms with E-state index in [4.69, 9.17) is 4.74 Å². The number of hydrogen-bond donors (Lipinski definition) is 0. The summed E-state index contributed by atoms with van der Waals surface area (Å²) < 4.78 is 6.98. The van der Waals surface area contributed by atoms with Crippen LogP contribution in [0, 0.1) is 13.8 Å². The largest absolute Gasteiger partial charge is 0.493 e. The number of fused-ring (bicyclic) bond motifs is 1. The zero-order valence-electron chi connectivity index (χ0n) is 7.90.